The first-order chi connectivity index (χ1) is 9.24. The van der Waals surface area contributed by atoms with Crippen molar-refractivity contribution in [3.05, 3.63) is 28.5 Å². The van der Waals surface area contributed by atoms with Crippen molar-refractivity contribution in [1.82, 2.24) is 14.8 Å². The van der Waals surface area contributed by atoms with Crippen LogP contribution in [0.3, 0.4) is 0 Å². The van der Waals surface area contributed by atoms with Gasteiger partial charge in [-0.25, -0.2) is 0 Å². The molecule has 1 aliphatic heterocycles. The highest BCUT2D eigenvalue weighted by Gasteiger charge is 2.24. The van der Waals surface area contributed by atoms with Gasteiger partial charge in [-0.05, 0) is 40.5 Å². The average Bonchev–Trinajstić information content (AvgIpc) is 2.42. The number of nitrogens with zero attached hydrogens (tertiary/aromatic N) is 3. The summed E-state index contributed by atoms with van der Waals surface area (Å²) in [6.07, 6.45) is 4.98. The Balaban J connectivity index is 1.99. The van der Waals surface area contributed by atoms with E-state index in [2.05, 4.69) is 43.7 Å². The molecular weight excluding hydrogens is 304 g/mol. The molecule has 1 unspecified atom stereocenters. The molecule has 2 heterocycles. The summed E-state index contributed by atoms with van der Waals surface area (Å²) in [6, 6.07) is 2.41. The minimum absolute atomic E-state index is 0.286. The zero-order chi connectivity index (χ0) is 13.7. The van der Waals surface area contributed by atoms with E-state index in [4.69, 9.17) is 5.73 Å². The summed E-state index contributed by atoms with van der Waals surface area (Å²) < 4.78 is 1.02. The summed E-state index contributed by atoms with van der Waals surface area (Å²) in [5.74, 6) is 0. The van der Waals surface area contributed by atoms with Gasteiger partial charge in [0.2, 0.25) is 0 Å². The Morgan fingerprint density at radius 1 is 1.32 bits per heavy atom. The fraction of sp³-hybridized carbons (Fsp3) is 0.643. The lowest BCUT2D eigenvalue weighted by atomic mass is 10.1. The third-order valence-electron chi connectivity index (χ3n) is 3.72. The van der Waals surface area contributed by atoms with Crippen molar-refractivity contribution in [2.75, 3.05) is 39.3 Å². The monoisotopic (exact) mass is 326 g/mol. The van der Waals surface area contributed by atoms with Crippen LogP contribution in [-0.4, -0.2) is 54.1 Å². The van der Waals surface area contributed by atoms with E-state index < -0.39 is 0 Å². The molecule has 4 nitrogen and oxygen atoms in total. The van der Waals surface area contributed by atoms with E-state index >= 15 is 0 Å². The highest BCUT2D eigenvalue weighted by atomic mass is 79.9. The first-order valence-corrected chi connectivity index (χ1v) is 7.80. The molecule has 1 aromatic heterocycles. The number of aromatic nitrogens is 1. The fourth-order valence-electron chi connectivity index (χ4n) is 2.72. The highest BCUT2D eigenvalue weighted by Crippen LogP contribution is 2.23. The maximum Gasteiger partial charge on any atom is 0.0487 e. The first-order valence-electron chi connectivity index (χ1n) is 7.01. The van der Waals surface area contributed by atoms with E-state index in [9.17, 15) is 0 Å². The number of halogens is 1. The van der Waals surface area contributed by atoms with E-state index in [0.29, 0.717) is 6.54 Å². The Hall–Kier alpha value is -0.490. The second-order valence-electron chi connectivity index (χ2n) is 5.07. The standard InChI is InChI=1S/C14H23BrN4/c1-2-3-18-4-6-19(7-5-18)14(9-16)12-8-13(15)11-17-10-12/h8,10-11,14H,2-7,9,16H2,1H3. The average molecular weight is 327 g/mol. The Kier molecular flexibility index (Phi) is 5.76. The largest absolute Gasteiger partial charge is 0.329 e. The van der Waals surface area contributed by atoms with Crippen LogP contribution in [0.15, 0.2) is 22.9 Å². The van der Waals surface area contributed by atoms with E-state index in [-0.39, 0.29) is 6.04 Å². The summed E-state index contributed by atoms with van der Waals surface area (Å²) in [4.78, 5) is 9.27. The molecule has 0 radical (unpaired) electrons. The Labute approximate surface area is 124 Å². The number of nitrogens with two attached hydrogens (primary N) is 1. The van der Waals surface area contributed by atoms with Gasteiger partial charge in [0, 0.05) is 55.6 Å². The summed E-state index contributed by atoms with van der Waals surface area (Å²) in [5, 5.41) is 0. The van der Waals surface area contributed by atoms with Gasteiger partial charge < -0.3 is 10.6 Å². The SMILES string of the molecule is CCCN1CCN(C(CN)c2cncc(Br)c2)CC1. The molecule has 1 fully saturated rings. The lowest BCUT2D eigenvalue weighted by Gasteiger charge is -2.39. The molecule has 0 bridgehead atoms. The Bertz CT molecular complexity index is 391. The van der Waals surface area contributed by atoms with Gasteiger partial charge in [-0.3, -0.25) is 9.88 Å². The molecule has 19 heavy (non-hydrogen) atoms. The second kappa shape index (κ2) is 7.33. The van der Waals surface area contributed by atoms with Crippen molar-refractivity contribution in [3.63, 3.8) is 0 Å². The molecule has 1 saturated heterocycles. The van der Waals surface area contributed by atoms with Gasteiger partial charge >= 0.3 is 0 Å². The van der Waals surface area contributed by atoms with Crippen LogP contribution in [0.1, 0.15) is 24.9 Å². The second-order valence-corrected chi connectivity index (χ2v) is 5.98. The van der Waals surface area contributed by atoms with Gasteiger partial charge in [-0.1, -0.05) is 6.92 Å². The molecule has 1 aromatic rings. The molecule has 0 aromatic carbocycles. The van der Waals surface area contributed by atoms with Crippen molar-refractivity contribution >= 4 is 15.9 Å². The van der Waals surface area contributed by atoms with Gasteiger partial charge in [-0.2, -0.15) is 0 Å². The molecule has 0 spiro atoms. The molecule has 1 aliphatic rings. The van der Waals surface area contributed by atoms with E-state index in [1.807, 2.05) is 12.4 Å². The third-order valence-corrected chi connectivity index (χ3v) is 4.16. The molecule has 2 N–H and O–H groups in total. The molecule has 106 valence electrons. The predicted octanol–water partition coefficient (Wildman–Crippen LogP) is 1.87. The van der Waals surface area contributed by atoms with Crippen LogP contribution in [0.25, 0.3) is 0 Å². The molecule has 0 amide bonds. The van der Waals surface area contributed by atoms with Crippen LogP contribution in [0.4, 0.5) is 0 Å². The van der Waals surface area contributed by atoms with Crippen molar-refractivity contribution < 1.29 is 0 Å². The number of hydrogen-bond donors (Lipinski definition) is 1. The maximum absolute atomic E-state index is 5.98. The Morgan fingerprint density at radius 2 is 2.05 bits per heavy atom. The minimum atomic E-state index is 0.286. The summed E-state index contributed by atoms with van der Waals surface area (Å²) in [5.41, 5.74) is 7.19. The van der Waals surface area contributed by atoms with E-state index in [1.165, 1.54) is 18.5 Å². The van der Waals surface area contributed by atoms with Gasteiger partial charge in [0.15, 0.2) is 0 Å². The number of pyridine rings is 1. The van der Waals surface area contributed by atoms with Crippen molar-refractivity contribution in [2.45, 2.75) is 19.4 Å². The van der Waals surface area contributed by atoms with Crippen LogP contribution in [-0.2, 0) is 0 Å². The van der Waals surface area contributed by atoms with Gasteiger partial charge in [0.1, 0.15) is 0 Å². The van der Waals surface area contributed by atoms with Gasteiger partial charge in [0.05, 0.1) is 0 Å². The molecule has 2 rings (SSSR count). The summed E-state index contributed by atoms with van der Waals surface area (Å²) >= 11 is 3.48. The summed E-state index contributed by atoms with van der Waals surface area (Å²) in [6.45, 7) is 8.56. The molecule has 0 aliphatic carbocycles. The third kappa shape index (κ3) is 3.99. The zero-order valence-electron chi connectivity index (χ0n) is 11.6. The molecule has 0 saturated carbocycles. The number of hydrogen-bond acceptors (Lipinski definition) is 4. The lowest BCUT2D eigenvalue weighted by Crippen LogP contribution is -2.49. The zero-order valence-corrected chi connectivity index (χ0v) is 13.1. The molecule has 5 heteroatoms. The molecule has 1 atom stereocenters. The van der Waals surface area contributed by atoms with Crippen LogP contribution >= 0.6 is 15.9 Å². The van der Waals surface area contributed by atoms with Crippen molar-refractivity contribution in [3.8, 4) is 0 Å². The first kappa shape index (κ1) is 14.9. The predicted molar refractivity (Wildman–Crippen MR) is 82.0 cm³/mol. The topological polar surface area (TPSA) is 45.4 Å². The van der Waals surface area contributed by atoms with Crippen LogP contribution in [0, 0.1) is 0 Å². The normalized spacial score (nSPS) is 19.5. The van der Waals surface area contributed by atoms with Gasteiger partial charge in [0.25, 0.3) is 0 Å². The van der Waals surface area contributed by atoms with Crippen LogP contribution in [0.5, 0.6) is 0 Å². The number of rotatable bonds is 5. The fourth-order valence-corrected chi connectivity index (χ4v) is 3.10. The van der Waals surface area contributed by atoms with Gasteiger partial charge in [-0.15, -0.1) is 0 Å². The summed E-state index contributed by atoms with van der Waals surface area (Å²) in [7, 11) is 0. The minimum Gasteiger partial charge on any atom is -0.329 e. The Morgan fingerprint density at radius 3 is 2.63 bits per heavy atom. The van der Waals surface area contributed by atoms with Crippen LogP contribution < -0.4 is 5.73 Å². The van der Waals surface area contributed by atoms with E-state index in [0.717, 1.165) is 30.7 Å². The van der Waals surface area contributed by atoms with E-state index in [1.54, 1.807) is 0 Å². The quantitative estimate of drug-likeness (QED) is 0.897. The smallest absolute Gasteiger partial charge is 0.0487 e. The highest BCUT2D eigenvalue weighted by molar-refractivity contribution is 9.10. The lowest BCUT2D eigenvalue weighted by molar-refractivity contribution is 0.0984. The molecular formula is C14H23BrN4. The number of piperazine rings is 1. The maximum atomic E-state index is 5.98. The van der Waals surface area contributed by atoms with Crippen molar-refractivity contribution in [1.29, 1.82) is 0 Å². The van der Waals surface area contributed by atoms with Crippen LogP contribution in [0.2, 0.25) is 0 Å². The van der Waals surface area contributed by atoms with Crippen molar-refractivity contribution in [2.24, 2.45) is 5.73 Å².